The van der Waals surface area contributed by atoms with Crippen LogP contribution in [0.1, 0.15) is 5.69 Å². The van der Waals surface area contributed by atoms with Gasteiger partial charge in [0.2, 0.25) is 5.88 Å². The number of ether oxygens (including phenoxy) is 1. The van der Waals surface area contributed by atoms with E-state index in [-0.39, 0.29) is 11.4 Å². The highest BCUT2D eigenvalue weighted by Gasteiger charge is 2.34. The van der Waals surface area contributed by atoms with E-state index in [1.807, 2.05) is 0 Å². The lowest BCUT2D eigenvalue weighted by molar-refractivity contribution is -0.141. The minimum Gasteiger partial charge on any atom is -0.435 e. The van der Waals surface area contributed by atoms with Gasteiger partial charge >= 0.3 is 6.18 Å². The van der Waals surface area contributed by atoms with Crippen molar-refractivity contribution in [1.82, 2.24) is 19.6 Å². The second-order valence-corrected chi connectivity index (χ2v) is 4.95. The summed E-state index contributed by atoms with van der Waals surface area (Å²) in [6.07, 6.45) is 1.08. The molecule has 0 spiro atoms. The Hall–Kier alpha value is -2.16. The van der Waals surface area contributed by atoms with Gasteiger partial charge in [0.25, 0.3) is 0 Å². The van der Waals surface area contributed by atoms with Crippen molar-refractivity contribution in [2.75, 3.05) is 0 Å². The normalized spacial score (nSPS) is 11.8. The molecule has 0 atom stereocenters. The first kappa shape index (κ1) is 13.8. The summed E-state index contributed by atoms with van der Waals surface area (Å²) in [5.41, 5.74) is -0.891. The molecule has 0 amide bonds. The summed E-state index contributed by atoms with van der Waals surface area (Å²) in [5, 5.41) is 3.45. The lowest BCUT2D eigenvalue weighted by atomic mass is 10.4. The second kappa shape index (κ2) is 4.99. The van der Waals surface area contributed by atoms with Crippen LogP contribution in [-0.2, 0) is 6.18 Å². The zero-order valence-electron chi connectivity index (χ0n) is 10.2. The largest absolute Gasteiger partial charge is 0.435 e. The molecule has 0 aliphatic heterocycles. The van der Waals surface area contributed by atoms with Gasteiger partial charge in [-0.15, -0.1) is 0 Å². The number of hydrogen-bond donors (Lipinski definition) is 0. The Bertz CT molecular complexity index is 803. The third-order valence-corrected chi connectivity index (χ3v) is 2.97. The highest BCUT2D eigenvalue weighted by Crippen LogP contribution is 2.32. The zero-order valence-corrected chi connectivity index (χ0v) is 11.8. The number of alkyl halides is 3. The SMILES string of the molecule is FC(F)(F)c1cc2c(Oc3cncc(Br)c3)nccn2n1. The minimum atomic E-state index is -4.53. The van der Waals surface area contributed by atoms with E-state index < -0.39 is 11.9 Å². The van der Waals surface area contributed by atoms with Crippen LogP contribution in [0.4, 0.5) is 13.2 Å². The van der Waals surface area contributed by atoms with E-state index in [2.05, 4.69) is 31.0 Å². The summed E-state index contributed by atoms with van der Waals surface area (Å²) in [4.78, 5) is 7.84. The van der Waals surface area contributed by atoms with Gasteiger partial charge in [-0.1, -0.05) is 0 Å². The van der Waals surface area contributed by atoms with E-state index in [0.717, 1.165) is 10.6 Å². The van der Waals surface area contributed by atoms with E-state index in [9.17, 15) is 13.2 Å². The van der Waals surface area contributed by atoms with Crippen LogP contribution in [0.2, 0.25) is 0 Å². The molecule has 3 rings (SSSR count). The number of nitrogens with zero attached hydrogens (tertiary/aromatic N) is 4. The number of fused-ring (bicyclic) bond motifs is 1. The minimum absolute atomic E-state index is 0.0143. The van der Waals surface area contributed by atoms with Crippen LogP contribution in [0.15, 0.2) is 41.4 Å². The number of aromatic nitrogens is 4. The Morgan fingerprint density at radius 3 is 2.71 bits per heavy atom. The Labute approximate surface area is 124 Å². The van der Waals surface area contributed by atoms with Gasteiger partial charge in [-0.3, -0.25) is 4.98 Å². The van der Waals surface area contributed by atoms with Gasteiger partial charge in [0.1, 0.15) is 11.3 Å². The third kappa shape index (κ3) is 2.82. The smallest absolute Gasteiger partial charge is 0.435 e. The molecule has 0 aliphatic rings. The standard InChI is InChI=1S/C12H6BrF3N4O/c13-7-3-8(6-17-5-7)21-11-9-4-10(12(14,15)16)19-20(9)2-1-18-11/h1-6H. The molecule has 0 aliphatic carbocycles. The lowest BCUT2D eigenvalue weighted by Crippen LogP contribution is -2.05. The maximum Gasteiger partial charge on any atom is 0.435 e. The number of rotatable bonds is 2. The summed E-state index contributed by atoms with van der Waals surface area (Å²) >= 11 is 3.23. The quantitative estimate of drug-likeness (QED) is 0.700. The van der Waals surface area contributed by atoms with Crippen LogP contribution in [0, 0.1) is 0 Å². The molecule has 0 bridgehead atoms. The third-order valence-electron chi connectivity index (χ3n) is 2.54. The first-order chi connectivity index (χ1) is 9.93. The molecule has 0 N–H and O–H groups in total. The molecule has 9 heteroatoms. The highest BCUT2D eigenvalue weighted by molar-refractivity contribution is 9.10. The van der Waals surface area contributed by atoms with Gasteiger partial charge < -0.3 is 4.74 Å². The van der Waals surface area contributed by atoms with E-state index in [1.54, 1.807) is 12.3 Å². The molecule has 0 saturated heterocycles. The predicted octanol–water partition coefficient (Wildman–Crippen LogP) is 3.70. The van der Waals surface area contributed by atoms with Gasteiger partial charge in [-0.05, 0) is 22.0 Å². The van der Waals surface area contributed by atoms with E-state index in [0.29, 0.717) is 10.2 Å². The van der Waals surface area contributed by atoms with Crippen molar-refractivity contribution < 1.29 is 17.9 Å². The van der Waals surface area contributed by atoms with Crippen molar-refractivity contribution in [3.8, 4) is 11.6 Å². The molecular formula is C12H6BrF3N4O. The molecular weight excluding hydrogens is 353 g/mol. The molecule has 0 radical (unpaired) electrons. The molecule has 3 aromatic rings. The average molecular weight is 359 g/mol. The Balaban J connectivity index is 2.04. The van der Waals surface area contributed by atoms with Crippen molar-refractivity contribution in [2.24, 2.45) is 0 Å². The first-order valence-corrected chi connectivity index (χ1v) is 6.43. The van der Waals surface area contributed by atoms with E-state index in [4.69, 9.17) is 4.74 Å². The maximum atomic E-state index is 12.7. The van der Waals surface area contributed by atoms with Gasteiger partial charge in [0.05, 0.1) is 6.20 Å². The van der Waals surface area contributed by atoms with Crippen LogP contribution in [0.25, 0.3) is 5.52 Å². The molecule has 0 aromatic carbocycles. The molecule has 0 fully saturated rings. The summed E-state index contributed by atoms with van der Waals surface area (Å²) < 4.78 is 45.3. The van der Waals surface area contributed by atoms with Gasteiger partial charge in [0, 0.05) is 29.1 Å². The number of pyridine rings is 1. The fraction of sp³-hybridized carbons (Fsp3) is 0.0833. The van der Waals surface area contributed by atoms with Crippen molar-refractivity contribution in [2.45, 2.75) is 6.18 Å². The van der Waals surface area contributed by atoms with Gasteiger partial charge in [-0.25, -0.2) is 9.50 Å². The summed E-state index contributed by atoms with van der Waals surface area (Å²) in [6, 6.07) is 2.51. The predicted molar refractivity (Wildman–Crippen MR) is 70.0 cm³/mol. The first-order valence-electron chi connectivity index (χ1n) is 5.63. The highest BCUT2D eigenvalue weighted by atomic mass is 79.9. The Morgan fingerprint density at radius 1 is 1.19 bits per heavy atom. The molecule has 3 aromatic heterocycles. The molecule has 21 heavy (non-hydrogen) atoms. The van der Waals surface area contributed by atoms with Gasteiger partial charge in [0.15, 0.2) is 5.69 Å². The fourth-order valence-electron chi connectivity index (χ4n) is 1.68. The fourth-order valence-corrected chi connectivity index (χ4v) is 2.02. The summed E-state index contributed by atoms with van der Waals surface area (Å²) in [5.74, 6) is 0.361. The topological polar surface area (TPSA) is 52.3 Å². The monoisotopic (exact) mass is 358 g/mol. The lowest BCUT2D eigenvalue weighted by Gasteiger charge is -2.05. The van der Waals surface area contributed by atoms with Gasteiger partial charge in [-0.2, -0.15) is 18.3 Å². The molecule has 0 unspecified atom stereocenters. The summed E-state index contributed by atoms with van der Waals surface area (Å²) in [7, 11) is 0. The Kier molecular flexibility index (Phi) is 3.28. The van der Waals surface area contributed by atoms with Crippen LogP contribution in [0.3, 0.4) is 0 Å². The van der Waals surface area contributed by atoms with Crippen LogP contribution in [0.5, 0.6) is 11.6 Å². The van der Waals surface area contributed by atoms with Crippen molar-refractivity contribution in [1.29, 1.82) is 0 Å². The maximum absolute atomic E-state index is 12.7. The molecule has 5 nitrogen and oxygen atoms in total. The van der Waals surface area contributed by atoms with Crippen molar-refractivity contribution in [3.05, 3.63) is 47.1 Å². The molecule has 0 saturated carbocycles. The molecule has 3 heterocycles. The number of hydrogen-bond acceptors (Lipinski definition) is 4. The van der Waals surface area contributed by atoms with E-state index >= 15 is 0 Å². The Morgan fingerprint density at radius 2 is 2.00 bits per heavy atom. The van der Waals surface area contributed by atoms with Crippen LogP contribution in [-0.4, -0.2) is 19.6 Å². The summed E-state index contributed by atoms with van der Waals surface area (Å²) in [6.45, 7) is 0. The average Bonchev–Trinajstić information content (AvgIpc) is 2.84. The van der Waals surface area contributed by atoms with Crippen LogP contribution >= 0.6 is 15.9 Å². The molecule has 108 valence electrons. The van der Waals surface area contributed by atoms with Crippen molar-refractivity contribution >= 4 is 21.4 Å². The van der Waals surface area contributed by atoms with Crippen molar-refractivity contribution in [3.63, 3.8) is 0 Å². The zero-order chi connectivity index (χ0) is 15.0. The van der Waals surface area contributed by atoms with E-state index in [1.165, 1.54) is 18.6 Å². The second-order valence-electron chi connectivity index (χ2n) is 4.03. The van der Waals surface area contributed by atoms with Crippen LogP contribution < -0.4 is 4.74 Å². The number of halogens is 4.